The zero-order valence-corrected chi connectivity index (χ0v) is 10.2. The van der Waals surface area contributed by atoms with Crippen LogP contribution in [0.5, 0.6) is 0 Å². The second-order valence-corrected chi connectivity index (χ2v) is 4.50. The second-order valence-electron chi connectivity index (χ2n) is 2.88. The number of hydrogen-bond acceptors (Lipinski definition) is 3. The fourth-order valence-electron chi connectivity index (χ4n) is 1.25. The highest BCUT2D eigenvalue weighted by molar-refractivity contribution is 14.1. The van der Waals surface area contributed by atoms with Gasteiger partial charge in [-0.05, 0) is 40.8 Å². The van der Waals surface area contributed by atoms with Crippen molar-refractivity contribution in [2.24, 2.45) is 0 Å². The second kappa shape index (κ2) is 3.90. The molecule has 4 nitrogen and oxygen atoms in total. The van der Waals surface area contributed by atoms with Gasteiger partial charge in [0.05, 0.1) is 10.4 Å². The van der Waals surface area contributed by atoms with Gasteiger partial charge < -0.3 is 0 Å². The molecule has 0 atom stereocenters. The molecule has 0 saturated carbocycles. The van der Waals surface area contributed by atoms with Crippen molar-refractivity contribution in [3.05, 3.63) is 43.1 Å². The van der Waals surface area contributed by atoms with E-state index in [1.54, 1.807) is 12.1 Å². The largest absolute Gasteiger partial charge is 0.306 e. The van der Waals surface area contributed by atoms with Gasteiger partial charge in [0.1, 0.15) is 11.2 Å². The number of aromatic nitrogens is 1. The molecule has 0 unspecified atom stereocenters. The molecule has 6 heteroatoms. The number of rotatable bonds is 1. The first-order chi connectivity index (χ1) is 7.09. The lowest BCUT2D eigenvalue weighted by atomic mass is 10.2. The summed E-state index contributed by atoms with van der Waals surface area (Å²) in [4.78, 5) is 14.1. The van der Waals surface area contributed by atoms with Gasteiger partial charge in [-0.1, -0.05) is 11.6 Å². The van der Waals surface area contributed by atoms with E-state index in [0.29, 0.717) is 10.9 Å². The van der Waals surface area contributed by atoms with Gasteiger partial charge in [0, 0.05) is 8.96 Å². The number of nitro groups is 1. The van der Waals surface area contributed by atoms with E-state index in [9.17, 15) is 10.1 Å². The van der Waals surface area contributed by atoms with E-state index < -0.39 is 4.92 Å². The highest BCUT2D eigenvalue weighted by Gasteiger charge is 2.15. The van der Waals surface area contributed by atoms with Gasteiger partial charge in [-0.15, -0.1) is 0 Å². The van der Waals surface area contributed by atoms with E-state index in [-0.39, 0.29) is 10.7 Å². The Morgan fingerprint density at radius 1 is 1.47 bits per heavy atom. The third-order valence-electron chi connectivity index (χ3n) is 1.94. The van der Waals surface area contributed by atoms with Crippen LogP contribution >= 0.6 is 34.2 Å². The molecule has 0 N–H and O–H groups in total. The average molecular weight is 334 g/mol. The van der Waals surface area contributed by atoms with Gasteiger partial charge in [-0.2, -0.15) is 0 Å². The summed E-state index contributed by atoms with van der Waals surface area (Å²) in [5, 5.41) is 11.4. The topological polar surface area (TPSA) is 56.0 Å². The summed E-state index contributed by atoms with van der Waals surface area (Å²) in [7, 11) is 0. The molecule has 2 aromatic rings. The summed E-state index contributed by atoms with van der Waals surface area (Å²) in [6.07, 6.45) is 1.18. The van der Waals surface area contributed by atoms with E-state index in [1.165, 1.54) is 6.20 Å². The highest BCUT2D eigenvalue weighted by Crippen LogP contribution is 2.31. The highest BCUT2D eigenvalue weighted by atomic mass is 127. The number of halogens is 2. The van der Waals surface area contributed by atoms with Crippen LogP contribution in [0.15, 0.2) is 24.4 Å². The van der Waals surface area contributed by atoms with Crippen molar-refractivity contribution in [3.63, 3.8) is 0 Å². The smallest absolute Gasteiger partial charge is 0.258 e. The monoisotopic (exact) mass is 334 g/mol. The first kappa shape index (κ1) is 10.6. The summed E-state index contributed by atoms with van der Waals surface area (Å²) in [5.74, 6) is 0. The Morgan fingerprint density at radius 2 is 2.20 bits per heavy atom. The lowest BCUT2D eigenvalue weighted by Crippen LogP contribution is -1.92. The van der Waals surface area contributed by atoms with Crippen molar-refractivity contribution < 1.29 is 4.92 Å². The van der Waals surface area contributed by atoms with Crippen molar-refractivity contribution in [1.29, 1.82) is 0 Å². The molecule has 0 amide bonds. The minimum absolute atomic E-state index is 0.142. The molecule has 76 valence electrons. The summed E-state index contributed by atoms with van der Waals surface area (Å²) < 4.78 is 0.962. The number of nitrogens with zero attached hydrogens (tertiary/aromatic N) is 2. The lowest BCUT2D eigenvalue weighted by Gasteiger charge is -2.01. The molecule has 0 radical (unpaired) electrons. The molecular weight excluding hydrogens is 330 g/mol. The zero-order valence-electron chi connectivity index (χ0n) is 7.28. The molecule has 0 fully saturated rings. The van der Waals surface area contributed by atoms with Gasteiger partial charge in [0.2, 0.25) is 0 Å². The maximum absolute atomic E-state index is 10.6. The number of fused-ring (bicyclic) bond motifs is 1. The predicted octanol–water partition coefficient (Wildman–Crippen LogP) is 3.40. The van der Waals surface area contributed by atoms with Crippen LogP contribution in [0.25, 0.3) is 10.9 Å². The van der Waals surface area contributed by atoms with Gasteiger partial charge in [-0.3, -0.25) is 10.1 Å². The van der Waals surface area contributed by atoms with Crippen molar-refractivity contribution in [1.82, 2.24) is 4.98 Å². The van der Waals surface area contributed by atoms with Crippen LogP contribution in [0.2, 0.25) is 5.02 Å². The molecule has 0 bridgehead atoms. The predicted molar refractivity (Wildman–Crippen MR) is 66.1 cm³/mol. The van der Waals surface area contributed by atoms with Crippen LogP contribution in [0.4, 0.5) is 5.69 Å². The van der Waals surface area contributed by atoms with Crippen LogP contribution in [-0.2, 0) is 0 Å². The fraction of sp³-hybridized carbons (Fsp3) is 0. The van der Waals surface area contributed by atoms with E-state index >= 15 is 0 Å². The Kier molecular flexibility index (Phi) is 2.74. The maximum Gasteiger partial charge on any atom is 0.306 e. The van der Waals surface area contributed by atoms with Crippen LogP contribution < -0.4 is 0 Å². The Hall–Kier alpha value is -0.950. The molecule has 0 spiro atoms. The van der Waals surface area contributed by atoms with Crippen molar-refractivity contribution in [3.8, 4) is 0 Å². The molecule has 0 aliphatic carbocycles. The standard InChI is InChI=1S/C9H4ClIN2O2/c10-9-6-3-5(11)1-2-7(6)12-4-8(9)13(14)15/h1-4H. The first-order valence-corrected chi connectivity index (χ1v) is 5.43. The van der Waals surface area contributed by atoms with Gasteiger partial charge >= 0.3 is 5.69 Å². The van der Waals surface area contributed by atoms with E-state index in [0.717, 1.165) is 3.57 Å². The molecule has 15 heavy (non-hydrogen) atoms. The molecular formula is C9H4ClIN2O2. The van der Waals surface area contributed by atoms with Crippen LogP contribution in [0.1, 0.15) is 0 Å². The van der Waals surface area contributed by atoms with E-state index in [4.69, 9.17) is 11.6 Å². The Balaban J connectivity index is 2.82. The first-order valence-electron chi connectivity index (χ1n) is 3.98. The third kappa shape index (κ3) is 1.89. The molecule has 0 aliphatic heterocycles. The van der Waals surface area contributed by atoms with Crippen molar-refractivity contribution in [2.75, 3.05) is 0 Å². The third-order valence-corrected chi connectivity index (χ3v) is 3.01. The van der Waals surface area contributed by atoms with Crippen LogP contribution in [-0.4, -0.2) is 9.91 Å². The average Bonchev–Trinajstić information content (AvgIpc) is 2.19. The fourth-order valence-corrected chi connectivity index (χ4v) is 2.01. The van der Waals surface area contributed by atoms with E-state index in [2.05, 4.69) is 27.6 Å². The summed E-state index contributed by atoms with van der Waals surface area (Å²) >= 11 is 8.04. The SMILES string of the molecule is O=[N+]([O-])c1cnc2ccc(I)cc2c1Cl. The van der Waals surface area contributed by atoms with Gasteiger partial charge in [-0.25, -0.2) is 4.98 Å². The maximum atomic E-state index is 10.6. The Morgan fingerprint density at radius 3 is 2.87 bits per heavy atom. The normalized spacial score (nSPS) is 10.5. The lowest BCUT2D eigenvalue weighted by molar-refractivity contribution is -0.384. The van der Waals surface area contributed by atoms with E-state index in [1.807, 2.05) is 6.07 Å². The molecule has 0 aliphatic rings. The molecule has 1 heterocycles. The minimum atomic E-state index is -0.533. The summed E-state index contributed by atoms with van der Waals surface area (Å²) in [5.41, 5.74) is 0.497. The van der Waals surface area contributed by atoms with Gasteiger partial charge in [0.15, 0.2) is 0 Å². The number of pyridine rings is 1. The molecule has 2 rings (SSSR count). The minimum Gasteiger partial charge on any atom is -0.258 e. The van der Waals surface area contributed by atoms with Crippen LogP contribution in [0, 0.1) is 13.7 Å². The molecule has 0 saturated heterocycles. The Bertz CT molecular complexity index is 559. The van der Waals surface area contributed by atoms with Crippen molar-refractivity contribution >= 4 is 50.8 Å². The molecule has 1 aromatic heterocycles. The Labute approximate surface area is 104 Å². The summed E-state index contributed by atoms with van der Waals surface area (Å²) in [6.45, 7) is 0. The summed E-state index contributed by atoms with van der Waals surface area (Å²) in [6, 6.07) is 5.43. The zero-order chi connectivity index (χ0) is 11.0. The molecule has 1 aromatic carbocycles. The van der Waals surface area contributed by atoms with Crippen molar-refractivity contribution in [2.45, 2.75) is 0 Å². The van der Waals surface area contributed by atoms with Crippen LogP contribution in [0.3, 0.4) is 0 Å². The quantitative estimate of drug-likeness (QED) is 0.456. The van der Waals surface area contributed by atoms with Gasteiger partial charge in [0.25, 0.3) is 0 Å². The number of benzene rings is 1. The number of hydrogen-bond donors (Lipinski definition) is 0.